The molecule has 0 aliphatic heterocycles. The van der Waals surface area contributed by atoms with Crippen LogP contribution in [0.3, 0.4) is 0 Å². The van der Waals surface area contributed by atoms with Gasteiger partial charge in [0.25, 0.3) is 0 Å². The minimum atomic E-state index is -0.549. The Hall–Kier alpha value is -1.59. The molecular weight excluding hydrogens is 256 g/mol. The molecule has 0 spiro atoms. The van der Waals surface area contributed by atoms with E-state index in [1.165, 1.54) is 0 Å². The number of hydrogen-bond acceptors (Lipinski definition) is 5. The van der Waals surface area contributed by atoms with Crippen LogP contribution in [0.1, 0.15) is 25.1 Å². The van der Waals surface area contributed by atoms with Crippen molar-refractivity contribution in [1.82, 2.24) is 10.5 Å². The Kier molecular flexibility index (Phi) is 4.62. The maximum absolute atomic E-state index is 9.92. The van der Waals surface area contributed by atoms with Crippen LogP contribution < -0.4 is 10.1 Å². The summed E-state index contributed by atoms with van der Waals surface area (Å²) in [6, 6.07) is 4.16. The van der Waals surface area contributed by atoms with Gasteiger partial charge >= 0.3 is 0 Å². The first-order chi connectivity index (χ1) is 9.49. The van der Waals surface area contributed by atoms with E-state index >= 15 is 0 Å². The highest BCUT2D eigenvalue weighted by Gasteiger charge is 2.15. The Balaban J connectivity index is 2.09. The van der Waals surface area contributed by atoms with Gasteiger partial charge in [0.2, 0.25) is 0 Å². The van der Waals surface area contributed by atoms with Gasteiger partial charge in [0.1, 0.15) is 18.5 Å². The van der Waals surface area contributed by atoms with Crippen LogP contribution in [0, 0.1) is 13.8 Å². The zero-order chi connectivity index (χ0) is 14.7. The molecule has 0 amide bonds. The first kappa shape index (κ1) is 14.8. The molecule has 1 unspecified atom stereocenters. The monoisotopic (exact) mass is 278 g/mol. The fraction of sp³-hybridized carbons (Fsp3) is 0.533. The van der Waals surface area contributed by atoms with Gasteiger partial charge in [0, 0.05) is 12.6 Å². The smallest absolute Gasteiger partial charge is 0.170 e. The van der Waals surface area contributed by atoms with Gasteiger partial charge in [-0.3, -0.25) is 0 Å². The Labute approximate surface area is 118 Å². The van der Waals surface area contributed by atoms with Crippen LogP contribution in [-0.4, -0.2) is 35.6 Å². The second-order valence-corrected chi connectivity index (χ2v) is 5.38. The molecule has 0 aliphatic carbocycles. The Bertz CT molecular complexity index is 578. The molecule has 0 aliphatic rings. The molecule has 5 nitrogen and oxygen atoms in total. The van der Waals surface area contributed by atoms with Crippen molar-refractivity contribution in [2.75, 3.05) is 13.2 Å². The van der Waals surface area contributed by atoms with Crippen molar-refractivity contribution < 1.29 is 14.4 Å². The minimum absolute atomic E-state index is 0.240. The lowest BCUT2D eigenvalue weighted by molar-refractivity contribution is 0.105. The van der Waals surface area contributed by atoms with Gasteiger partial charge in [0.05, 0.1) is 11.1 Å². The Morgan fingerprint density at radius 2 is 2.10 bits per heavy atom. The summed E-state index contributed by atoms with van der Waals surface area (Å²) < 4.78 is 11.0. The van der Waals surface area contributed by atoms with Crippen molar-refractivity contribution in [2.45, 2.75) is 39.8 Å². The van der Waals surface area contributed by atoms with E-state index in [0.29, 0.717) is 18.2 Å². The van der Waals surface area contributed by atoms with E-state index in [-0.39, 0.29) is 6.61 Å². The summed E-state index contributed by atoms with van der Waals surface area (Å²) in [6.45, 7) is 8.69. The molecule has 110 valence electrons. The highest BCUT2D eigenvalue weighted by atomic mass is 16.5. The lowest BCUT2D eigenvalue weighted by Gasteiger charge is -2.16. The zero-order valence-corrected chi connectivity index (χ0v) is 12.4. The third-order valence-corrected chi connectivity index (χ3v) is 3.14. The van der Waals surface area contributed by atoms with Crippen molar-refractivity contribution in [1.29, 1.82) is 0 Å². The molecule has 1 atom stereocenters. The van der Waals surface area contributed by atoms with Crippen molar-refractivity contribution in [3.63, 3.8) is 0 Å². The quantitative estimate of drug-likeness (QED) is 0.847. The SMILES string of the molecule is Cc1ccc2onc(C)c2c1OCC(O)CNC(C)C. The lowest BCUT2D eigenvalue weighted by atomic mass is 10.1. The molecule has 5 heteroatoms. The van der Waals surface area contributed by atoms with Crippen LogP contribution >= 0.6 is 0 Å². The molecule has 1 aromatic carbocycles. The fourth-order valence-electron chi connectivity index (χ4n) is 2.05. The largest absolute Gasteiger partial charge is 0.490 e. The summed E-state index contributed by atoms with van der Waals surface area (Å²) in [6.07, 6.45) is -0.549. The molecule has 0 fully saturated rings. The number of fused-ring (bicyclic) bond motifs is 1. The molecule has 0 bridgehead atoms. The predicted octanol–water partition coefficient (Wildman–Crippen LogP) is 2.18. The molecule has 0 saturated carbocycles. The third kappa shape index (κ3) is 3.29. The van der Waals surface area contributed by atoms with Gasteiger partial charge < -0.3 is 19.7 Å². The molecule has 2 N–H and O–H groups in total. The van der Waals surface area contributed by atoms with Crippen LogP contribution in [-0.2, 0) is 0 Å². The summed E-state index contributed by atoms with van der Waals surface area (Å²) in [5.41, 5.74) is 2.51. The van der Waals surface area contributed by atoms with Crippen molar-refractivity contribution in [2.24, 2.45) is 0 Å². The van der Waals surface area contributed by atoms with Gasteiger partial charge in [-0.15, -0.1) is 0 Å². The maximum atomic E-state index is 9.92. The topological polar surface area (TPSA) is 67.5 Å². The Morgan fingerprint density at radius 1 is 1.35 bits per heavy atom. The molecule has 2 rings (SSSR count). The summed E-state index contributed by atoms with van der Waals surface area (Å²) >= 11 is 0. The molecule has 0 saturated heterocycles. The number of nitrogens with zero attached hydrogens (tertiary/aromatic N) is 1. The summed E-state index contributed by atoms with van der Waals surface area (Å²) in [5, 5.41) is 17.9. The average molecular weight is 278 g/mol. The number of ether oxygens (including phenoxy) is 1. The van der Waals surface area contributed by atoms with Gasteiger partial charge in [-0.05, 0) is 25.5 Å². The standard InChI is InChI=1S/C15H22N2O3/c1-9(2)16-7-12(18)8-19-15-10(3)5-6-13-14(15)11(4)17-20-13/h5-6,9,12,16,18H,7-8H2,1-4H3. The van der Waals surface area contributed by atoms with E-state index in [2.05, 4.69) is 10.5 Å². The number of aromatic nitrogens is 1. The maximum Gasteiger partial charge on any atom is 0.170 e. The first-order valence-corrected chi connectivity index (χ1v) is 6.89. The van der Waals surface area contributed by atoms with Gasteiger partial charge in [-0.25, -0.2) is 0 Å². The second-order valence-electron chi connectivity index (χ2n) is 5.38. The normalized spacial score (nSPS) is 13.1. The van der Waals surface area contributed by atoms with Crippen LogP contribution in [0.25, 0.3) is 11.0 Å². The summed E-state index contributed by atoms with van der Waals surface area (Å²) in [5.74, 6) is 0.741. The molecular formula is C15H22N2O3. The van der Waals surface area contributed by atoms with Gasteiger partial charge in [-0.1, -0.05) is 25.1 Å². The van der Waals surface area contributed by atoms with Crippen LogP contribution in [0.5, 0.6) is 5.75 Å². The zero-order valence-electron chi connectivity index (χ0n) is 12.4. The number of nitrogens with one attached hydrogen (secondary N) is 1. The predicted molar refractivity (Wildman–Crippen MR) is 78.1 cm³/mol. The summed E-state index contributed by atoms with van der Waals surface area (Å²) in [7, 11) is 0. The van der Waals surface area contributed by atoms with E-state index in [4.69, 9.17) is 9.26 Å². The van der Waals surface area contributed by atoms with Gasteiger partial charge in [0.15, 0.2) is 5.58 Å². The van der Waals surface area contributed by atoms with E-state index in [1.54, 1.807) is 0 Å². The van der Waals surface area contributed by atoms with Crippen LogP contribution in [0.4, 0.5) is 0 Å². The van der Waals surface area contributed by atoms with Crippen LogP contribution in [0.2, 0.25) is 0 Å². The number of aliphatic hydroxyl groups is 1. The molecule has 0 radical (unpaired) electrons. The number of aliphatic hydroxyl groups excluding tert-OH is 1. The first-order valence-electron chi connectivity index (χ1n) is 6.89. The van der Waals surface area contributed by atoms with E-state index < -0.39 is 6.10 Å². The third-order valence-electron chi connectivity index (χ3n) is 3.14. The number of benzene rings is 1. The van der Waals surface area contributed by atoms with E-state index in [0.717, 1.165) is 22.4 Å². The lowest BCUT2D eigenvalue weighted by Crippen LogP contribution is -2.35. The van der Waals surface area contributed by atoms with Crippen molar-refractivity contribution >= 4 is 11.0 Å². The number of rotatable bonds is 6. The fourth-order valence-corrected chi connectivity index (χ4v) is 2.05. The molecule has 2 aromatic rings. The minimum Gasteiger partial charge on any atom is -0.490 e. The molecule has 20 heavy (non-hydrogen) atoms. The highest BCUT2D eigenvalue weighted by molar-refractivity contribution is 5.87. The van der Waals surface area contributed by atoms with E-state index in [9.17, 15) is 5.11 Å². The van der Waals surface area contributed by atoms with Gasteiger partial charge in [-0.2, -0.15) is 0 Å². The highest BCUT2D eigenvalue weighted by Crippen LogP contribution is 2.31. The molecule has 1 heterocycles. The van der Waals surface area contributed by atoms with Crippen LogP contribution in [0.15, 0.2) is 16.7 Å². The Morgan fingerprint density at radius 3 is 2.80 bits per heavy atom. The van der Waals surface area contributed by atoms with E-state index in [1.807, 2.05) is 39.8 Å². The second kappa shape index (κ2) is 6.24. The summed E-state index contributed by atoms with van der Waals surface area (Å²) in [4.78, 5) is 0. The number of aryl methyl sites for hydroxylation is 2. The average Bonchev–Trinajstić information content (AvgIpc) is 2.77. The van der Waals surface area contributed by atoms with Crippen molar-refractivity contribution in [3.8, 4) is 5.75 Å². The van der Waals surface area contributed by atoms with Crippen molar-refractivity contribution in [3.05, 3.63) is 23.4 Å². The molecule has 1 aromatic heterocycles. The number of hydrogen-bond donors (Lipinski definition) is 2.